The van der Waals surface area contributed by atoms with Gasteiger partial charge in [-0.3, -0.25) is 0 Å². The summed E-state index contributed by atoms with van der Waals surface area (Å²) in [4.78, 5) is 3.11. The maximum atomic E-state index is 10.3. The van der Waals surface area contributed by atoms with Crippen molar-refractivity contribution in [2.75, 3.05) is 52.5 Å². The second-order valence-corrected chi connectivity index (χ2v) is 8.64. The number of nitrogens with one attached hydrogen (secondary N) is 2. The second kappa shape index (κ2) is 12.1. The average Bonchev–Trinajstić information content (AvgIpc) is 2.76. The van der Waals surface area contributed by atoms with Crippen LogP contribution in [-0.4, -0.2) is 63.8 Å². The van der Waals surface area contributed by atoms with Crippen LogP contribution in [0.1, 0.15) is 30.9 Å². The van der Waals surface area contributed by atoms with E-state index in [1.54, 1.807) is 4.90 Å². The number of aliphatic hydroxyl groups excluding tert-OH is 1. The van der Waals surface area contributed by atoms with E-state index < -0.39 is 6.10 Å². The van der Waals surface area contributed by atoms with E-state index in [0.717, 1.165) is 45.0 Å². The number of quaternary nitrogens is 2. The van der Waals surface area contributed by atoms with Gasteiger partial charge in [-0.1, -0.05) is 62.4 Å². The summed E-state index contributed by atoms with van der Waals surface area (Å²) in [6, 6.07) is 18.9. The number of piperazine rings is 1. The highest BCUT2D eigenvalue weighted by molar-refractivity contribution is 5.35. The zero-order valence-corrected chi connectivity index (χ0v) is 18.5. The minimum absolute atomic E-state index is 0.374. The van der Waals surface area contributed by atoms with E-state index >= 15 is 0 Å². The Morgan fingerprint density at radius 1 is 0.867 bits per heavy atom. The van der Waals surface area contributed by atoms with Crippen molar-refractivity contribution in [3.05, 3.63) is 65.7 Å². The Kier molecular flexibility index (Phi) is 9.15. The normalized spacial score (nSPS) is 20.3. The lowest BCUT2D eigenvalue weighted by Crippen LogP contribution is -3.28. The lowest BCUT2D eigenvalue weighted by molar-refractivity contribution is -1.02. The van der Waals surface area contributed by atoms with Crippen LogP contribution in [0.3, 0.4) is 0 Å². The third-order valence-electron chi connectivity index (χ3n) is 5.82. The molecule has 5 nitrogen and oxygen atoms in total. The molecule has 1 atom stereocenters. The van der Waals surface area contributed by atoms with Crippen LogP contribution in [-0.2, 0) is 11.3 Å². The van der Waals surface area contributed by atoms with Gasteiger partial charge in [-0.2, -0.15) is 0 Å². The summed E-state index contributed by atoms with van der Waals surface area (Å²) in [6.45, 7) is 12.1. The predicted molar refractivity (Wildman–Crippen MR) is 119 cm³/mol. The number of hydrogen-bond donors (Lipinski definition) is 3. The molecule has 30 heavy (non-hydrogen) atoms. The van der Waals surface area contributed by atoms with E-state index in [2.05, 4.69) is 50.2 Å². The molecule has 1 aliphatic heterocycles. The molecule has 0 bridgehead atoms. The Labute approximate surface area is 181 Å². The predicted octanol–water partition coefficient (Wildman–Crippen LogP) is 0.550. The average molecular weight is 415 g/mol. The Bertz CT molecular complexity index is 730. The quantitative estimate of drug-likeness (QED) is 0.471. The molecule has 2 aromatic carbocycles. The van der Waals surface area contributed by atoms with Crippen molar-refractivity contribution in [2.45, 2.75) is 32.4 Å². The maximum Gasteiger partial charge on any atom is 0.127 e. The molecule has 3 rings (SSSR count). The first-order valence-electron chi connectivity index (χ1n) is 11.3. The molecule has 0 saturated carbocycles. The number of ether oxygens (including phenoxy) is 2. The van der Waals surface area contributed by atoms with Gasteiger partial charge in [0.05, 0.1) is 13.2 Å². The number of aliphatic hydroxyl groups is 1. The molecule has 0 aliphatic carbocycles. The molecular weight excluding hydrogens is 376 g/mol. The van der Waals surface area contributed by atoms with E-state index in [-0.39, 0.29) is 0 Å². The minimum atomic E-state index is -0.418. The van der Waals surface area contributed by atoms with Crippen LogP contribution in [0.25, 0.3) is 0 Å². The van der Waals surface area contributed by atoms with Crippen LogP contribution in [0.4, 0.5) is 0 Å². The van der Waals surface area contributed by atoms with Gasteiger partial charge in [0.1, 0.15) is 57.7 Å². The Morgan fingerprint density at radius 2 is 1.53 bits per heavy atom. The molecule has 0 radical (unpaired) electrons. The lowest BCUT2D eigenvalue weighted by Gasteiger charge is -2.30. The highest BCUT2D eigenvalue weighted by atomic mass is 16.5. The van der Waals surface area contributed by atoms with Crippen molar-refractivity contribution in [1.29, 1.82) is 0 Å². The van der Waals surface area contributed by atoms with Gasteiger partial charge in [0.15, 0.2) is 0 Å². The maximum absolute atomic E-state index is 10.3. The Morgan fingerprint density at radius 3 is 2.27 bits per heavy atom. The van der Waals surface area contributed by atoms with E-state index in [1.165, 1.54) is 16.0 Å². The van der Waals surface area contributed by atoms with Crippen LogP contribution in [0.15, 0.2) is 54.6 Å². The van der Waals surface area contributed by atoms with Gasteiger partial charge >= 0.3 is 0 Å². The molecule has 1 aliphatic rings. The molecule has 1 saturated heterocycles. The van der Waals surface area contributed by atoms with Gasteiger partial charge in [0.2, 0.25) is 0 Å². The minimum Gasteiger partial charge on any atom is -0.491 e. The second-order valence-electron chi connectivity index (χ2n) is 8.64. The van der Waals surface area contributed by atoms with Crippen LogP contribution < -0.4 is 14.5 Å². The molecule has 5 heteroatoms. The number of rotatable bonds is 11. The van der Waals surface area contributed by atoms with Gasteiger partial charge in [0, 0.05) is 5.56 Å². The molecule has 0 amide bonds. The third-order valence-corrected chi connectivity index (χ3v) is 5.82. The first-order chi connectivity index (χ1) is 14.6. The van der Waals surface area contributed by atoms with Gasteiger partial charge in [0.25, 0.3) is 0 Å². The highest BCUT2D eigenvalue weighted by Gasteiger charge is 2.25. The Hall–Kier alpha value is -1.92. The summed E-state index contributed by atoms with van der Waals surface area (Å²) in [5, 5.41) is 10.3. The van der Waals surface area contributed by atoms with E-state index in [0.29, 0.717) is 25.7 Å². The van der Waals surface area contributed by atoms with Crippen molar-refractivity contribution in [3.8, 4) is 5.75 Å². The van der Waals surface area contributed by atoms with Gasteiger partial charge < -0.3 is 24.4 Å². The number of benzene rings is 2. The zero-order valence-electron chi connectivity index (χ0n) is 18.5. The molecule has 164 valence electrons. The summed E-state index contributed by atoms with van der Waals surface area (Å²) < 4.78 is 11.5. The van der Waals surface area contributed by atoms with Crippen LogP contribution in [0, 0.1) is 0 Å². The summed E-state index contributed by atoms with van der Waals surface area (Å²) >= 11 is 0. The fourth-order valence-corrected chi connectivity index (χ4v) is 4.13. The summed E-state index contributed by atoms with van der Waals surface area (Å²) in [7, 11) is 0. The smallest absolute Gasteiger partial charge is 0.127 e. The molecular formula is C25H38N2O3+2. The summed E-state index contributed by atoms with van der Waals surface area (Å²) in [6.07, 6.45) is -0.418. The molecule has 1 heterocycles. The SMILES string of the molecule is CC(C)c1ccccc1OCCOC[C@@H](O)C[NH+]1CC[NH+](Cc2ccccc2)CC1. The van der Waals surface area contributed by atoms with Crippen molar-refractivity contribution < 1.29 is 24.4 Å². The van der Waals surface area contributed by atoms with Crippen LogP contribution in [0.5, 0.6) is 5.75 Å². The third kappa shape index (κ3) is 7.40. The first-order valence-corrected chi connectivity index (χ1v) is 11.3. The number of para-hydroxylation sites is 1. The van der Waals surface area contributed by atoms with E-state index in [1.807, 2.05) is 18.2 Å². The highest BCUT2D eigenvalue weighted by Crippen LogP contribution is 2.25. The molecule has 0 spiro atoms. The Balaban J connectivity index is 1.27. The monoisotopic (exact) mass is 414 g/mol. The standard InChI is InChI=1S/C25H36N2O3/c1-21(2)24-10-6-7-11-25(24)30-17-16-29-20-23(28)19-27-14-12-26(13-15-27)18-22-8-4-3-5-9-22/h3-11,21,23,28H,12-20H2,1-2H3/p+2/t23-/m0/s1. The molecule has 0 aromatic heterocycles. The lowest BCUT2D eigenvalue weighted by atomic mass is 10.0. The zero-order chi connectivity index (χ0) is 21.2. The van der Waals surface area contributed by atoms with Crippen LogP contribution in [0.2, 0.25) is 0 Å². The fourth-order valence-electron chi connectivity index (χ4n) is 4.13. The van der Waals surface area contributed by atoms with E-state index in [9.17, 15) is 5.11 Å². The topological polar surface area (TPSA) is 47.6 Å². The summed E-state index contributed by atoms with van der Waals surface area (Å²) in [5.41, 5.74) is 2.62. The molecule has 3 N–H and O–H groups in total. The van der Waals surface area contributed by atoms with Gasteiger partial charge in [-0.15, -0.1) is 0 Å². The van der Waals surface area contributed by atoms with Gasteiger partial charge in [-0.05, 0) is 17.5 Å². The number of hydrogen-bond acceptors (Lipinski definition) is 3. The molecule has 0 unspecified atom stereocenters. The van der Waals surface area contributed by atoms with Crippen LogP contribution >= 0.6 is 0 Å². The molecule has 2 aromatic rings. The van der Waals surface area contributed by atoms with Crippen molar-refractivity contribution in [2.24, 2.45) is 0 Å². The van der Waals surface area contributed by atoms with E-state index in [4.69, 9.17) is 9.47 Å². The van der Waals surface area contributed by atoms with Crippen molar-refractivity contribution in [3.63, 3.8) is 0 Å². The molecule has 1 fully saturated rings. The van der Waals surface area contributed by atoms with Gasteiger partial charge in [-0.25, -0.2) is 0 Å². The summed E-state index contributed by atoms with van der Waals surface area (Å²) in [5.74, 6) is 1.36. The van der Waals surface area contributed by atoms with Crippen molar-refractivity contribution >= 4 is 0 Å². The van der Waals surface area contributed by atoms with Crippen molar-refractivity contribution in [1.82, 2.24) is 0 Å². The fraction of sp³-hybridized carbons (Fsp3) is 0.520. The first kappa shape index (κ1) is 22.8. The largest absolute Gasteiger partial charge is 0.491 e.